The van der Waals surface area contributed by atoms with Gasteiger partial charge in [0.25, 0.3) is 0 Å². The van der Waals surface area contributed by atoms with Crippen LogP contribution in [0.15, 0.2) is 24.3 Å². The van der Waals surface area contributed by atoms with Gasteiger partial charge < -0.3 is 15.0 Å². The molecule has 0 spiro atoms. The molecule has 0 saturated carbocycles. The smallest absolute Gasteiger partial charge is 0.422 e. The van der Waals surface area contributed by atoms with Gasteiger partial charge in [-0.15, -0.1) is 0 Å². The Labute approximate surface area is 93.2 Å². The van der Waals surface area contributed by atoms with Gasteiger partial charge in [-0.2, -0.15) is 4.79 Å². The first kappa shape index (κ1) is 11.9. The number of nitrogens with zero attached hydrogens (tertiary/aromatic N) is 2. The van der Waals surface area contributed by atoms with Crippen LogP contribution in [0.3, 0.4) is 0 Å². The van der Waals surface area contributed by atoms with Gasteiger partial charge in [-0.05, 0) is 19.1 Å². The first-order valence-corrected chi connectivity index (χ1v) is 4.77. The van der Waals surface area contributed by atoms with Crippen molar-refractivity contribution in [2.75, 3.05) is 13.7 Å². The summed E-state index contributed by atoms with van der Waals surface area (Å²) in [5.74, 6) is -0.238. The van der Waals surface area contributed by atoms with Gasteiger partial charge in [-0.3, -0.25) is 0 Å². The lowest BCUT2D eigenvalue weighted by molar-refractivity contribution is -0.137. The molecule has 0 aromatic heterocycles. The van der Waals surface area contributed by atoms with Crippen molar-refractivity contribution in [3.8, 4) is 5.75 Å². The minimum Gasteiger partial charge on any atom is -0.493 e. The van der Waals surface area contributed by atoms with Gasteiger partial charge in [0.2, 0.25) is 0 Å². The highest BCUT2D eigenvalue weighted by Gasteiger charge is 2.26. The normalized spacial score (nSPS) is 9.12. The van der Waals surface area contributed by atoms with E-state index in [0.29, 0.717) is 17.9 Å². The fraction of sp³-hybridized carbons (Fsp3) is 0.273. The van der Waals surface area contributed by atoms with Crippen LogP contribution in [-0.2, 0) is 9.53 Å². The number of benzene rings is 1. The molecule has 0 unspecified atom stereocenters. The van der Waals surface area contributed by atoms with E-state index in [4.69, 9.17) is 10.3 Å². The molecule has 5 heteroatoms. The van der Waals surface area contributed by atoms with Gasteiger partial charge in [0, 0.05) is 0 Å². The van der Waals surface area contributed by atoms with E-state index in [0.717, 1.165) is 0 Å². The monoisotopic (exact) mass is 220 g/mol. The lowest BCUT2D eigenvalue weighted by Gasteiger charge is -2.05. The van der Waals surface area contributed by atoms with E-state index in [1.165, 1.54) is 7.11 Å². The van der Waals surface area contributed by atoms with Crippen LogP contribution in [0, 0.1) is 0 Å². The second-order valence-corrected chi connectivity index (χ2v) is 2.87. The van der Waals surface area contributed by atoms with Crippen molar-refractivity contribution in [3.63, 3.8) is 0 Å². The molecule has 0 aliphatic heterocycles. The van der Waals surface area contributed by atoms with Crippen molar-refractivity contribution in [1.82, 2.24) is 0 Å². The maximum Gasteiger partial charge on any atom is 0.422 e. The van der Waals surface area contributed by atoms with Gasteiger partial charge in [0.1, 0.15) is 11.3 Å². The molecule has 0 bridgehead atoms. The third-order valence-electron chi connectivity index (χ3n) is 1.92. The number of hydrogen-bond acceptors (Lipinski definition) is 3. The lowest BCUT2D eigenvalue weighted by Crippen LogP contribution is -2.19. The van der Waals surface area contributed by atoms with Gasteiger partial charge in [-0.25, -0.2) is 4.79 Å². The standard InChI is InChI=1S/C11H12N2O3/c1-3-16-9-7-5-4-6-8(9)10(13-12)11(14)15-2/h4-7H,3H2,1-2H3. The summed E-state index contributed by atoms with van der Waals surface area (Å²) in [6.45, 7) is 2.28. The molecule has 1 aromatic rings. The summed E-state index contributed by atoms with van der Waals surface area (Å²) in [5.41, 5.74) is 9.03. The Morgan fingerprint density at radius 1 is 1.44 bits per heavy atom. The van der Waals surface area contributed by atoms with E-state index in [-0.39, 0.29) is 5.71 Å². The maximum absolute atomic E-state index is 11.3. The summed E-state index contributed by atoms with van der Waals surface area (Å²) < 4.78 is 9.82. The SMILES string of the molecule is CCOc1ccccc1C(=[N+]=[N-])C(=O)OC. The number of carbonyl (C=O) groups is 1. The topological polar surface area (TPSA) is 71.9 Å². The molecule has 16 heavy (non-hydrogen) atoms. The molecule has 0 saturated heterocycles. The quantitative estimate of drug-likeness (QED) is 0.332. The van der Waals surface area contributed by atoms with E-state index in [1.807, 2.05) is 6.92 Å². The predicted octanol–water partition coefficient (Wildman–Crippen LogP) is 1.28. The zero-order chi connectivity index (χ0) is 12.0. The highest BCUT2D eigenvalue weighted by molar-refractivity contribution is 6.41. The average Bonchev–Trinajstić information content (AvgIpc) is 2.32. The van der Waals surface area contributed by atoms with E-state index in [9.17, 15) is 4.79 Å². The first-order valence-electron chi connectivity index (χ1n) is 4.77. The molecule has 84 valence electrons. The summed E-state index contributed by atoms with van der Waals surface area (Å²) in [4.78, 5) is 14.3. The summed E-state index contributed by atoms with van der Waals surface area (Å²) in [7, 11) is 1.22. The number of hydrogen-bond donors (Lipinski definition) is 0. The third kappa shape index (κ3) is 2.46. The van der Waals surface area contributed by atoms with Gasteiger partial charge in [0.05, 0.1) is 13.7 Å². The van der Waals surface area contributed by atoms with Gasteiger partial charge in [0.15, 0.2) is 0 Å². The van der Waals surface area contributed by atoms with Crippen molar-refractivity contribution in [1.29, 1.82) is 0 Å². The second-order valence-electron chi connectivity index (χ2n) is 2.87. The van der Waals surface area contributed by atoms with Crippen LogP contribution < -0.4 is 4.74 Å². The molecular formula is C11H12N2O3. The Hall–Kier alpha value is -2.13. The molecule has 0 atom stereocenters. The lowest BCUT2D eigenvalue weighted by atomic mass is 10.1. The Bertz CT molecular complexity index is 437. The fourth-order valence-corrected chi connectivity index (χ4v) is 1.24. The Kier molecular flexibility index (Phi) is 4.24. The molecule has 0 aliphatic carbocycles. The molecular weight excluding hydrogens is 208 g/mol. The molecule has 0 aliphatic rings. The Morgan fingerprint density at radius 2 is 2.12 bits per heavy atom. The predicted molar refractivity (Wildman–Crippen MR) is 57.4 cm³/mol. The van der Waals surface area contributed by atoms with Crippen molar-refractivity contribution in [2.45, 2.75) is 6.92 Å². The zero-order valence-electron chi connectivity index (χ0n) is 9.14. The Morgan fingerprint density at radius 3 is 2.69 bits per heavy atom. The summed E-state index contributed by atoms with van der Waals surface area (Å²) in [6, 6.07) is 6.79. The minimum atomic E-state index is -0.713. The molecule has 5 nitrogen and oxygen atoms in total. The number of methoxy groups -OCH3 is 1. The summed E-state index contributed by atoms with van der Waals surface area (Å²) in [6.07, 6.45) is 0. The van der Waals surface area contributed by atoms with Crippen LogP contribution in [0.5, 0.6) is 5.75 Å². The van der Waals surface area contributed by atoms with Gasteiger partial charge >= 0.3 is 11.7 Å². The summed E-state index contributed by atoms with van der Waals surface area (Å²) in [5, 5.41) is 0. The van der Waals surface area contributed by atoms with E-state index >= 15 is 0 Å². The van der Waals surface area contributed by atoms with Crippen molar-refractivity contribution in [3.05, 3.63) is 35.4 Å². The van der Waals surface area contributed by atoms with Crippen molar-refractivity contribution in [2.24, 2.45) is 0 Å². The molecule has 0 N–H and O–H groups in total. The highest BCUT2D eigenvalue weighted by atomic mass is 16.5. The molecule has 0 radical (unpaired) electrons. The number of esters is 1. The van der Waals surface area contributed by atoms with E-state index in [2.05, 4.69) is 9.53 Å². The van der Waals surface area contributed by atoms with Crippen molar-refractivity contribution >= 4 is 11.7 Å². The van der Waals surface area contributed by atoms with Crippen molar-refractivity contribution < 1.29 is 19.1 Å². The average molecular weight is 220 g/mol. The molecule has 0 heterocycles. The molecule has 1 rings (SSSR count). The van der Waals surface area contributed by atoms with Crippen LogP contribution in [-0.4, -0.2) is 30.2 Å². The minimum absolute atomic E-state index is 0.174. The highest BCUT2D eigenvalue weighted by Crippen LogP contribution is 2.18. The molecule has 0 amide bonds. The third-order valence-corrected chi connectivity index (χ3v) is 1.92. The van der Waals surface area contributed by atoms with E-state index in [1.54, 1.807) is 24.3 Å². The number of ether oxygens (including phenoxy) is 2. The van der Waals surface area contributed by atoms with Crippen LogP contribution in [0.25, 0.3) is 5.53 Å². The molecule has 1 aromatic carbocycles. The van der Waals surface area contributed by atoms with Crippen LogP contribution in [0.2, 0.25) is 0 Å². The van der Waals surface area contributed by atoms with Gasteiger partial charge in [-0.1, -0.05) is 12.1 Å². The first-order chi connectivity index (χ1) is 7.74. The Balaban J connectivity index is 3.20. The molecule has 0 fully saturated rings. The van der Waals surface area contributed by atoms with Crippen LogP contribution in [0.4, 0.5) is 0 Å². The fourth-order valence-electron chi connectivity index (χ4n) is 1.24. The number of para-hydroxylation sites is 1. The maximum atomic E-state index is 11.3. The summed E-state index contributed by atoms with van der Waals surface area (Å²) >= 11 is 0. The van der Waals surface area contributed by atoms with Crippen LogP contribution >= 0.6 is 0 Å². The second kappa shape index (κ2) is 5.68. The number of carbonyl (C=O) groups excluding carboxylic acids is 1. The van der Waals surface area contributed by atoms with Crippen LogP contribution in [0.1, 0.15) is 12.5 Å². The number of rotatable bonds is 4. The van der Waals surface area contributed by atoms with E-state index < -0.39 is 5.97 Å². The largest absolute Gasteiger partial charge is 0.493 e. The zero-order valence-corrected chi connectivity index (χ0v) is 9.14.